The molecular formula is C14H22OS. The van der Waals surface area contributed by atoms with Gasteiger partial charge < -0.3 is 4.74 Å². The summed E-state index contributed by atoms with van der Waals surface area (Å²) in [5, 5.41) is 0. The molecule has 0 N–H and O–H groups in total. The number of rotatable bonds is 4. The van der Waals surface area contributed by atoms with Crippen LogP contribution in [0.4, 0.5) is 0 Å². The van der Waals surface area contributed by atoms with E-state index < -0.39 is 0 Å². The molecule has 0 fully saturated rings. The van der Waals surface area contributed by atoms with Gasteiger partial charge in [0.15, 0.2) is 0 Å². The summed E-state index contributed by atoms with van der Waals surface area (Å²) in [6, 6.07) is 4.33. The van der Waals surface area contributed by atoms with E-state index in [0.717, 1.165) is 11.5 Å². The van der Waals surface area contributed by atoms with Crippen LogP contribution in [0.15, 0.2) is 12.1 Å². The fourth-order valence-corrected chi connectivity index (χ4v) is 1.80. The topological polar surface area (TPSA) is 9.23 Å². The molecule has 0 radical (unpaired) electrons. The van der Waals surface area contributed by atoms with Gasteiger partial charge in [-0.2, -0.15) is 12.6 Å². The van der Waals surface area contributed by atoms with E-state index in [1.165, 1.54) is 16.7 Å². The molecule has 90 valence electrons. The molecule has 1 rings (SSSR count). The summed E-state index contributed by atoms with van der Waals surface area (Å²) in [6.07, 6.45) is 0. The lowest BCUT2D eigenvalue weighted by molar-refractivity contribution is 0.200. The first-order valence-electron chi connectivity index (χ1n) is 5.67. The van der Waals surface area contributed by atoms with Crippen molar-refractivity contribution < 1.29 is 4.74 Å². The van der Waals surface area contributed by atoms with E-state index in [2.05, 4.69) is 59.4 Å². The molecule has 1 aromatic rings. The average Bonchev–Trinajstić information content (AvgIpc) is 2.16. The van der Waals surface area contributed by atoms with Crippen LogP contribution < -0.4 is 4.74 Å². The Morgan fingerprint density at radius 1 is 1.12 bits per heavy atom. The molecule has 0 aliphatic rings. The second kappa shape index (κ2) is 5.13. The summed E-state index contributed by atoms with van der Waals surface area (Å²) >= 11 is 4.34. The van der Waals surface area contributed by atoms with Gasteiger partial charge in [0.2, 0.25) is 0 Å². The van der Waals surface area contributed by atoms with Crippen LogP contribution in [0.25, 0.3) is 0 Å². The zero-order valence-electron chi connectivity index (χ0n) is 10.9. The maximum atomic E-state index is 5.93. The van der Waals surface area contributed by atoms with Crippen LogP contribution in [-0.2, 0) is 0 Å². The van der Waals surface area contributed by atoms with Crippen molar-refractivity contribution in [2.24, 2.45) is 5.41 Å². The highest BCUT2D eigenvalue weighted by Crippen LogP contribution is 2.27. The third kappa shape index (κ3) is 3.44. The third-order valence-corrected chi connectivity index (χ3v) is 3.50. The molecule has 1 nitrogen and oxygen atoms in total. The first kappa shape index (κ1) is 13.4. The Morgan fingerprint density at radius 2 is 1.62 bits per heavy atom. The summed E-state index contributed by atoms with van der Waals surface area (Å²) in [7, 11) is 0. The molecule has 0 aliphatic carbocycles. The molecule has 0 spiro atoms. The van der Waals surface area contributed by atoms with Gasteiger partial charge in [-0.05, 0) is 37.7 Å². The van der Waals surface area contributed by atoms with Crippen molar-refractivity contribution in [3.05, 3.63) is 28.8 Å². The maximum absolute atomic E-state index is 5.93. The first-order valence-corrected chi connectivity index (χ1v) is 6.30. The molecule has 0 aromatic heterocycles. The number of thiol groups is 1. The zero-order chi connectivity index (χ0) is 12.3. The molecular weight excluding hydrogens is 216 g/mol. The van der Waals surface area contributed by atoms with Crippen molar-refractivity contribution in [2.45, 2.75) is 34.6 Å². The summed E-state index contributed by atoms with van der Waals surface area (Å²) < 4.78 is 5.93. The molecule has 2 heteroatoms. The minimum Gasteiger partial charge on any atom is -0.492 e. The Kier molecular flexibility index (Phi) is 4.31. The zero-order valence-corrected chi connectivity index (χ0v) is 11.8. The minimum atomic E-state index is 0.118. The Balaban J connectivity index is 2.82. The number of hydrogen-bond acceptors (Lipinski definition) is 2. The Bertz CT molecular complexity index is 346. The van der Waals surface area contributed by atoms with Crippen molar-refractivity contribution in [1.82, 2.24) is 0 Å². The normalized spacial score (nSPS) is 11.6. The molecule has 0 saturated carbocycles. The van der Waals surface area contributed by atoms with Crippen LogP contribution in [-0.4, -0.2) is 12.4 Å². The van der Waals surface area contributed by atoms with Gasteiger partial charge in [0.05, 0.1) is 6.61 Å². The number of benzene rings is 1. The second-order valence-electron chi connectivity index (χ2n) is 5.34. The van der Waals surface area contributed by atoms with E-state index in [1.54, 1.807) is 0 Å². The van der Waals surface area contributed by atoms with E-state index >= 15 is 0 Å². The van der Waals surface area contributed by atoms with Gasteiger partial charge in [-0.1, -0.05) is 31.5 Å². The molecule has 0 bridgehead atoms. The smallest absolute Gasteiger partial charge is 0.125 e. The lowest BCUT2D eigenvalue weighted by Gasteiger charge is -2.23. The van der Waals surface area contributed by atoms with Crippen LogP contribution in [0, 0.1) is 26.2 Å². The van der Waals surface area contributed by atoms with Crippen LogP contribution in [0.1, 0.15) is 30.5 Å². The second-order valence-corrected chi connectivity index (χ2v) is 5.66. The Labute approximate surface area is 105 Å². The highest BCUT2D eigenvalue weighted by Gasteiger charge is 2.17. The molecule has 0 saturated heterocycles. The van der Waals surface area contributed by atoms with Crippen molar-refractivity contribution in [3.63, 3.8) is 0 Å². The lowest BCUT2D eigenvalue weighted by Crippen LogP contribution is -2.23. The average molecular weight is 238 g/mol. The van der Waals surface area contributed by atoms with Crippen molar-refractivity contribution >= 4 is 12.6 Å². The molecule has 0 aliphatic heterocycles. The van der Waals surface area contributed by atoms with Gasteiger partial charge in [0, 0.05) is 5.41 Å². The van der Waals surface area contributed by atoms with E-state index in [4.69, 9.17) is 4.74 Å². The predicted molar refractivity (Wildman–Crippen MR) is 73.8 cm³/mol. The Hall–Kier alpha value is -0.630. The third-order valence-electron chi connectivity index (χ3n) is 2.64. The molecule has 0 atom stereocenters. The van der Waals surface area contributed by atoms with E-state index in [0.29, 0.717) is 6.61 Å². The highest BCUT2D eigenvalue weighted by molar-refractivity contribution is 7.80. The number of aryl methyl sites for hydroxylation is 3. The quantitative estimate of drug-likeness (QED) is 0.782. The summed E-state index contributed by atoms with van der Waals surface area (Å²) in [4.78, 5) is 0. The van der Waals surface area contributed by atoms with E-state index in [1.807, 2.05) is 0 Å². The molecule has 0 heterocycles. The van der Waals surface area contributed by atoms with Gasteiger partial charge in [0.25, 0.3) is 0 Å². The van der Waals surface area contributed by atoms with Gasteiger partial charge in [-0.15, -0.1) is 0 Å². The Morgan fingerprint density at radius 3 is 2.06 bits per heavy atom. The fourth-order valence-electron chi connectivity index (χ4n) is 1.71. The first-order chi connectivity index (χ1) is 7.35. The maximum Gasteiger partial charge on any atom is 0.125 e. The summed E-state index contributed by atoms with van der Waals surface area (Å²) in [5.41, 5.74) is 3.84. The monoisotopic (exact) mass is 238 g/mol. The van der Waals surface area contributed by atoms with E-state index in [-0.39, 0.29) is 5.41 Å². The largest absolute Gasteiger partial charge is 0.492 e. The number of ether oxygens (including phenoxy) is 1. The fraction of sp³-hybridized carbons (Fsp3) is 0.571. The van der Waals surface area contributed by atoms with Crippen LogP contribution in [0.2, 0.25) is 0 Å². The van der Waals surface area contributed by atoms with Gasteiger partial charge >= 0.3 is 0 Å². The predicted octanol–water partition coefficient (Wildman–Crippen LogP) is 3.95. The van der Waals surface area contributed by atoms with Gasteiger partial charge in [-0.3, -0.25) is 0 Å². The minimum absolute atomic E-state index is 0.118. The molecule has 16 heavy (non-hydrogen) atoms. The molecule has 0 unspecified atom stereocenters. The van der Waals surface area contributed by atoms with Crippen molar-refractivity contribution in [1.29, 1.82) is 0 Å². The standard InChI is InChI=1S/C14H22OS/c1-10-6-11(2)13(12(3)7-10)15-8-14(4,5)9-16/h6-7,16H,8-9H2,1-5H3. The molecule has 1 aromatic carbocycles. The van der Waals surface area contributed by atoms with E-state index in [9.17, 15) is 0 Å². The molecule has 0 amide bonds. The lowest BCUT2D eigenvalue weighted by atomic mass is 9.98. The van der Waals surface area contributed by atoms with Crippen molar-refractivity contribution in [2.75, 3.05) is 12.4 Å². The van der Waals surface area contributed by atoms with Crippen molar-refractivity contribution in [3.8, 4) is 5.75 Å². The van der Waals surface area contributed by atoms with Gasteiger partial charge in [-0.25, -0.2) is 0 Å². The summed E-state index contributed by atoms with van der Waals surface area (Å²) in [5.74, 6) is 1.86. The number of hydrogen-bond donors (Lipinski definition) is 1. The van der Waals surface area contributed by atoms with Crippen LogP contribution in [0.3, 0.4) is 0 Å². The van der Waals surface area contributed by atoms with Crippen LogP contribution >= 0.6 is 12.6 Å². The van der Waals surface area contributed by atoms with Crippen LogP contribution in [0.5, 0.6) is 5.75 Å². The SMILES string of the molecule is Cc1cc(C)c(OCC(C)(C)CS)c(C)c1. The van der Waals surface area contributed by atoms with Gasteiger partial charge in [0.1, 0.15) is 5.75 Å². The summed E-state index contributed by atoms with van der Waals surface area (Å²) in [6.45, 7) is 11.4. The highest BCUT2D eigenvalue weighted by atomic mass is 32.1.